The molecule has 0 aliphatic rings. The smallest absolute Gasteiger partial charge is 0.259 e. The highest BCUT2D eigenvalue weighted by atomic mass is 127. The first-order chi connectivity index (χ1) is 8.08. The van der Waals surface area contributed by atoms with Gasteiger partial charge < -0.3 is 5.32 Å². The van der Waals surface area contributed by atoms with Crippen molar-refractivity contribution in [3.63, 3.8) is 0 Å². The summed E-state index contributed by atoms with van der Waals surface area (Å²) in [6.45, 7) is 1.76. The number of aromatic nitrogens is 2. The van der Waals surface area contributed by atoms with Crippen molar-refractivity contribution in [2.75, 3.05) is 5.32 Å². The Morgan fingerprint density at radius 2 is 2.29 bits per heavy atom. The Balaban J connectivity index is 2.22. The summed E-state index contributed by atoms with van der Waals surface area (Å²) in [4.78, 5) is 11.9. The Hall–Kier alpha value is -1.44. The number of nitrogens with zero attached hydrogens (tertiary/aromatic N) is 1. The fourth-order valence-electron chi connectivity index (χ4n) is 1.36. The topological polar surface area (TPSA) is 57.8 Å². The zero-order valence-corrected chi connectivity index (χ0v) is 11.1. The van der Waals surface area contributed by atoms with Gasteiger partial charge in [-0.1, -0.05) is 0 Å². The van der Waals surface area contributed by atoms with Gasteiger partial charge in [0, 0.05) is 9.26 Å². The standard InChI is InChI=1S/C11H9FIN3O/c1-6-8(5-14-16-6)11(17)15-10-3-2-7(12)4-9(10)13/h2-5H,1H3,(H,14,16)(H,15,17). The van der Waals surface area contributed by atoms with E-state index in [0.717, 1.165) is 0 Å². The fourth-order valence-corrected chi connectivity index (χ4v) is 1.97. The normalized spacial score (nSPS) is 10.3. The van der Waals surface area contributed by atoms with Crippen molar-refractivity contribution in [3.8, 4) is 0 Å². The Morgan fingerprint density at radius 3 is 2.88 bits per heavy atom. The predicted molar refractivity (Wildman–Crippen MR) is 70.4 cm³/mol. The highest BCUT2D eigenvalue weighted by molar-refractivity contribution is 14.1. The maximum atomic E-state index is 12.9. The number of amides is 1. The van der Waals surface area contributed by atoms with Crippen LogP contribution in [0.5, 0.6) is 0 Å². The number of carbonyl (C=O) groups excluding carboxylic acids is 1. The van der Waals surface area contributed by atoms with Gasteiger partial charge in [-0.25, -0.2) is 4.39 Å². The number of anilines is 1. The van der Waals surface area contributed by atoms with Gasteiger partial charge in [-0.3, -0.25) is 9.89 Å². The molecule has 2 aromatic rings. The van der Waals surface area contributed by atoms with Crippen molar-refractivity contribution in [3.05, 3.63) is 45.0 Å². The number of halogens is 2. The summed E-state index contributed by atoms with van der Waals surface area (Å²) in [5.41, 5.74) is 1.75. The maximum Gasteiger partial charge on any atom is 0.259 e. The van der Waals surface area contributed by atoms with Crippen LogP contribution in [0.2, 0.25) is 0 Å². The number of aromatic amines is 1. The van der Waals surface area contributed by atoms with Gasteiger partial charge in [0.25, 0.3) is 5.91 Å². The van der Waals surface area contributed by atoms with Crippen LogP contribution in [0, 0.1) is 16.3 Å². The van der Waals surface area contributed by atoms with E-state index in [0.29, 0.717) is 20.5 Å². The van der Waals surface area contributed by atoms with Gasteiger partial charge in [0.15, 0.2) is 0 Å². The number of aryl methyl sites for hydroxylation is 1. The molecule has 0 aliphatic carbocycles. The second-order valence-corrected chi connectivity index (χ2v) is 4.65. The molecule has 0 atom stereocenters. The van der Waals surface area contributed by atoms with Crippen LogP contribution in [0.15, 0.2) is 24.4 Å². The minimum atomic E-state index is -0.327. The van der Waals surface area contributed by atoms with Crippen molar-refractivity contribution >= 4 is 34.2 Å². The lowest BCUT2D eigenvalue weighted by atomic mass is 10.2. The molecule has 2 N–H and O–H groups in total. The molecule has 1 heterocycles. The van der Waals surface area contributed by atoms with Gasteiger partial charge in [0.05, 0.1) is 17.4 Å². The average molecular weight is 345 g/mol. The minimum absolute atomic E-state index is 0.263. The van der Waals surface area contributed by atoms with Gasteiger partial charge in [-0.2, -0.15) is 5.10 Å². The number of H-pyrrole nitrogens is 1. The minimum Gasteiger partial charge on any atom is -0.321 e. The first-order valence-electron chi connectivity index (χ1n) is 4.84. The number of hydrogen-bond acceptors (Lipinski definition) is 2. The molecule has 88 valence electrons. The van der Waals surface area contributed by atoms with Gasteiger partial charge in [-0.05, 0) is 47.7 Å². The van der Waals surface area contributed by atoms with E-state index in [-0.39, 0.29) is 11.7 Å². The van der Waals surface area contributed by atoms with E-state index in [1.807, 2.05) is 22.6 Å². The van der Waals surface area contributed by atoms with Gasteiger partial charge in [-0.15, -0.1) is 0 Å². The summed E-state index contributed by atoms with van der Waals surface area (Å²) in [5.74, 6) is -0.590. The molecule has 0 unspecified atom stereocenters. The first kappa shape index (κ1) is 12.0. The Kier molecular flexibility index (Phi) is 3.41. The SMILES string of the molecule is Cc1[nH]ncc1C(=O)Nc1ccc(F)cc1I. The number of nitrogens with one attached hydrogen (secondary N) is 2. The summed E-state index contributed by atoms with van der Waals surface area (Å²) < 4.78 is 13.5. The molecule has 0 saturated carbocycles. The molecular weight excluding hydrogens is 336 g/mol. The molecule has 0 fully saturated rings. The molecule has 17 heavy (non-hydrogen) atoms. The number of hydrogen-bond donors (Lipinski definition) is 2. The quantitative estimate of drug-likeness (QED) is 0.823. The predicted octanol–water partition coefficient (Wildman–Crippen LogP) is 2.71. The van der Waals surface area contributed by atoms with E-state index in [1.54, 1.807) is 6.92 Å². The molecule has 1 aromatic heterocycles. The maximum absolute atomic E-state index is 12.9. The van der Waals surface area contributed by atoms with Crippen molar-refractivity contribution in [1.29, 1.82) is 0 Å². The monoisotopic (exact) mass is 345 g/mol. The molecule has 4 nitrogen and oxygen atoms in total. The third-order valence-corrected chi connectivity index (χ3v) is 3.15. The van der Waals surface area contributed by atoms with Crippen LogP contribution >= 0.6 is 22.6 Å². The summed E-state index contributed by atoms with van der Waals surface area (Å²) in [6, 6.07) is 4.20. The number of rotatable bonds is 2. The van der Waals surface area contributed by atoms with Crippen LogP contribution in [0.4, 0.5) is 10.1 Å². The molecule has 6 heteroatoms. The summed E-state index contributed by atoms with van der Waals surface area (Å²) in [7, 11) is 0. The summed E-state index contributed by atoms with van der Waals surface area (Å²) >= 11 is 1.97. The third kappa shape index (κ3) is 2.63. The van der Waals surface area contributed by atoms with Crippen molar-refractivity contribution in [1.82, 2.24) is 10.2 Å². The van der Waals surface area contributed by atoms with Gasteiger partial charge in [0.1, 0.15) is 5.82 Å². The van der Waals surface area contributed by atoms with Gasteiger partial charge >= 0.3 is 0 Å². The van der Waals surface area contributed by atoms with E-state index in [2.05, 4.69) is 15.5 Å². The number of carbonyl (C=O) groups is 1. The van der Waals surface area contributed by atoms with Crippen molar-refractivity contribution in [2.24, 2.45) is 0 Å². The van der Waals surface area contributed by atoms with Crippen LogP contribution in [0.25, 0.3) is 0 Å². The zero-order chi connectivity index (χ0) is 12.4. The highest BCUT2D eigenvalue weighted by Gasteiger charge is 2.12. The molecule has 2 rings (SSSR count). The van der Waals surface area contributed by atoms with E-state index in [9.17, 15) is 9.18 Å². The molecule has 1 amide bonds. The summed E-state index contributed by atoms with van der Waals surface area (Å²) in [5, 5.41) is 9.17. The van der Waals surface area contributed by atoms with Gasteiger partial charge in [0.2, 0.25) is 0 Å². The molecule has 0 bridgehead atoms. The average Bonchev–Trinajstić information content (AvgIpc) is 2.68. The fraction of sp³-hybridized carbons (Fsp3) is 0.0909. The second-order valence-electron chi connectivity index (χ2n) is 3.49. The van der Waals surface area contributed by atoms with E-state index in [1.165, 1.54) is 24.4 Å². The van der Waals surface area contributed by atoms with Crippen molar-refractivity contribution in [2.45, 2.75) is 6.92 Å². The zero-order valence-electron chi connectivity index (χ0n) is 8.92. The molecular formula is C11H9FIN3O. The van der Waals surface area contributed by atoms with E-state index >= 15 is 0 Å². The van der Waals surface area contributed by atoms with Crippen LogP contribution in [-0.2, 0) is 0 Å². The highest BCUT2D eigenvalue weighted by Crippen LogP contribution is 2.20. The molecule has 0 radical (unpaired) electrons. The van der Waals surface area contributed by atoms with Crippen LogP contribution in [0.3, 0.4) is 0 Å². The molecule has 0 saturated heterocycles. The van der Waals surface area contributed by atoms with Crippen LogP contribution in [0.1, 0.15) is 16.1 Å². The lowest BCUT2D eigenvalue weighted by molar-refractivity contribution is 0.102. The molecule has 0 aliphatic heterocycles. The lowest BCUT2D eigenvalue weighted by Crippen LogP contribution is -2.13. The summed E-state index contributed by atoms with van der Waals surface area (Å²) in [6.07, 6.45) is 1.46. The third-order valence-electron chi connectivity index (χ3n) is 2.25. The van der Waals surface area contributed by atoms with Crippen molar-refractivity contribution < 1.29 is 9.18 Å². The molecule has 1 aromatic carbocycles. The van der Waals surface area contributed by atoms with Crippen LogP contribution in [-0.4, -0.2) is 16.1 Å². The Morgan fingerprint density at radius 1 is 1.53 bits per heavy atom. The Labute approximate surface area is 111 Å². The van der Waals surface area contributed by atoms with E-state index in [4.69, 9.17) is 0 Å². The lowest BCUT2D eigenvalue weighted by Gasteiger charge is -2.06. The van der Waals surface area contributed by atoms with E-state index < -0.39 is 0 Å². The van der Waals surface area contributed by atoms with Crippen LogP contribution < -0.4 is 5.32 Å². The largest absolute Gasteiger partial charge is 0.321 e. The second kappa shape index (κ2) is 4.82. The molecule has 0 spiro atoms. The Bertz CT molecular complexity index is 568. The number of benzene rings is 1. The first-order valence-corrected chi connectivity index (χ1v) is 5.92.